The molecule has 1 aliphatic heterocycles. The number of hydrogen-bond donors (Lipinski definition) is 0. The molecule has 0 radical (unpaired) electrons. The van der Waals surface area contributed by atoms with E-state index in [1.807, 2.05) is 0 Å². The van der Waals surface area contributed by atoms with Crippen LogP contribution in [0.15, 0.2) is 12.1 Å². The standard InChI is InChI=1S/C10H8ClNO2/c1-5-3-6-7(4-8(5)11)10(14)12(2)9(6)13/h3-4H,1-2H3. The molecule has 0 N–H and O–H groups in total. The molecule has 0 saturated carbocycles. The van der Waals surface area contributed by atoms with E-state index in [-0.39, 0.29) is 11.8 Å². The summed E-state index contributed by atoms with van der Waals surface area (Å²) in [5.74, 6) is -0.545. The summed E-state index contributed by atoms with van der Waals surface area (Å²) in [5, 5.41) is 0.514. The van der Waals surface area contributed by atoms with Crippen molar-refractivity contribution in [3.63, 3.8) is 0 Å². The molecule has 0 atom stereocenters. The van der Waals surface area contributed by atoms with Crippen molar-refractivity contribution in [1.82, 2.24) is 4.90 Å². The Labute approximate surface area is 86.3 Å². The largest absolute Gasteiger partial charge is 0.277 e. The summed E-state index contributed by atoms with van der Waals surface area (Å²) in [7, 11) is 1.47. The number of nitrogens with zero attached hydrogens (tertiary/aromatic N) is 1. The van der Waals surface area contributed by atoms with Crippen molar-refractivity contribution in [2.45, 2.75) is 6.92 Å². The highest BCUT2D eigenvalue weighted by Crippen LogP contribution is 2.27. The SMILES string of the molecule is Cc1cc2c(cc1Cl)C(=O)N(C)C2=O. The van der Waals surface area contributed by atoms with Crippen LogP contribution in [0.25, 0.3) is 0 Å². The Kier molecular flexibility index (Phi) is 1.86. The lowest BCUT2D eigenvalue weighted by molar-refractivity contribution is 0.0693. The third-order valence-corrected chi connectivity index (χ3v) is 2.78. The maximum atomic E-state index is 11.5. The van der Waals surface area contributed by atoms with Gasteiger partial charge in [0.1, 0.15) is 0 Å². The van der Waals surface area contributed by atoms with Crippen molar-refractivity contribution in [3.05, 3.63) is 33.8 Å². The number of carbonyl (C=O) groups excluding carboxylic acids is 2. The number of amides is 2. The van der Waals surface area contributed by atoms with Crippen LogP contribution < -0.4 is 0 Å². The van der Waals surface area contributed by atoms with Crippen LogP contribution in [-0.2, 0) is 0 Å². The van der Waals surface area contributed by atoms with Crippen LogP contribution in [0.4, 0.5) is 0 Å². The molecule has 2 rings (SSSR count). The minimum absolute atomic E-state index is 0.259. The first-order valence-corrected chi connectivity index (χ1v) is 4.52. The Morgan fingerprint density at radius 1 is 1.14 bits per heavy atom. The van der Waals surface area contributed by atoms with E-state index in [2.05, 4.69) is 0 Å². The predicted octanol–water partition coefficient (Wildman–Crippen LogP) is 1.87. The molecule has 72 valence electrons. The van der Waals surface area contributed by atoms with Gasteiger partial charge < -0.3 is 0 Å². The first-order chi connectivity index (χ1) is 6.52. The fourth-order valence-electron chi connectivity index (χ4n) is 1.49. The van der Waals surface area contributed by atoms with Gasteiger partial charge in [-0.05, 0) is 24.6 Å². The highest BCUT2D eigenvalue weighted by Gasteiger charge is 2.33. The van der Waals surface area contributed by atoms with Gasteiger partial charge in [-0.15, -0.1) is 0 Å². The molecule has 0 aliphatic carbocycles. The molecule has 0 bridgehead atoms. The zero-order chi connectivity index (χ0) is 10.5. The van der Waals surface area contributed by atoms with Crippen molar-refractivity contribution < 1.29 is 9.59 Å². The molecule has 0 unspecified atom stereocenters. The smallest absolute Gasteiger partial charge is 0.261 e. The van der Waals surface area contributed by atoms with Gasteiger partial charge in [-0.3, -0.25) is 14.5 Å². The van der Waals surface area contributed by atoms with Gasteiger partial charge >= 0.3 is 0 Å². The van der Waals surface area contributed by atoms with E-state index >= 15 is 0 Å². The number of imide groups is 1. The highest BCUT2D eigenvalue weighted by molar-refractivity contribution is 6.32. The second kappa shape index (κ2) is 2.82. The Morgan fingerprint density at radius 3 is 2.21 bits per heavy atom. The Morgan fingerprint density at radius 2 is 1.64 bits per heavy atom. The summed E-state index contributed by atoms with van der Waals surface area (Å²) in [6, 6.07) is 3.21. The van der Waals surface area contributed by atoms with E-state index in [1.165, 1.54) is 7.05 Å². The maximum Gasteiger partial charge on any atom is 0.261 e. The first kappa shape index (κ1) is 9.21. The van der Waals surface area contributed by atoms with E-state index in [4.69, 9.17) is 11.6 Å². The van der Waals surface area contributed by atoms with E-state index in [0.29, 0.717) is 16.1 Å². The molecule has 1 aliphatic rings. The summed E-state index contributed by atoms with van der Waals surface area (Å²) in [6.07, 6.45) is 0. The number of hydrogen-bond acceptors (Lipinski definition) is 2. The monoisotopic (exact) mass is 209 g/mol. The van der Waals surface area contributed by atoms with Crippen LogP contribution in [0.1, 0.15) is 26.3 Å². The number of benzene rings is 1. The van der Waals surface area contributed by atoms with Gasteiger partial charge in [-0.1, -0.05) is 11.6 Å². The fourth-order valence-corrected chi connectivity index (χ4v) is 1.65. The number of fused-ring (bicyclic) bond motifs is 1. The van der Waals surface area contributed by atoms with Gasteiger partial charge in [0.15, 0.2) is 0 Å². The van der Waals surface area contributed by atoms with Gasteiger partial charge in [-0.2, -0.15) is 0 Å². The van der Waals surface area contributed by atoms with Crippen molar-refractivity contribution >= 4 is 23.4 Å². The van der Waals surface area contributed by atoms with E-state index in [0.717, 1.165) is 10.5 Å². The second-order valence-corrected chi connectivity index (χ2v) is 3.72. The third-order valence-electron chi connectivity index (χ3n) is 2.37. The molecule has 1 heterocycles. The van der Waals surface area contributed by atoms with Crippen molar-refractivity contribution in [1.29, 1.82) is 0 Å². The molecule has 0 saturated heterocycles. The Hall–Kier alpha value is -1.35. The van der Waals surface area contributed by atoms with Crippen LogP contribution in [0.2, 0.25) is 5.02 Å². The van der Waals surface area contributed by atoms with Gasteiger partial charge in [0.2, 0.25) is 0 Å². The molecule has 14 heavy (non-hydrogen) atoms. The quantitative estimate of drug-likeness (QED) is 0.612. The molecule has 1 aromatic carbocycles. The lowest BCUT2D eigenvalue weighted by atomic mass is 10.1. The fraction of sp³-hybridized carbons (Fsp3) is 0.200. The molecule has 0 spiro atoms. The number of halogens is 1. The van der Waals surface area contributed by atoms with E-state index in [9.17, 15) is 9.59 Å². The second-order valence-electron chi connectivity index (χ2n) is 3.32. The first-order valence-electron chi connectivity index (χ1n) is 4.15. The zero-order valence-corrected chi connectivity index (χ0v) is 8.55. The number of carbonyl (C=O) groups is 2. The van der Waals surface area contributed by atoms with Gasteiger partial charge in [0.05, 0.1) is 11.1 Å². The van der Waals surface area contributed by atoms with Gasteiger partial charge in [0.25, 0.3) is 11.8 Å². The van der Waals surface area contributed by atoms with Crippen LogP contribution in [-0.4, -0.2) is 23.8 Å². The molecular weight excluding hydrogens is 202 g/mol. The topological polar surface area (TPSA) is 37.4 Å². The zero-order valence-electron chi connectivity index (χ0n) is 7.80. The van der Waals surface area contributed by atoms with Crippen LogP contribution in [0.5, 0.6) is 0 Å². The molecular formula is C10H8ClNO2. The highest BCUT2D eigenvalue weighted by atomic mass is 35.5. The molecule has 1 aromatic rings. The molecule has 3 nitrogen and oxygen atoms in total. The van der Waals surface area contributed by atoms with E-state index < -0.39 is 0 Å². The summed E-state index contributed by atoms with van der Waals surface area (Å²) < 4.78 is 0. The third kappa shape index (κ3) is 1.06. The minimum atomic E-state index is -0.285. The summed E-state index contributed by atoms with van der Waals surface area (Å²) in [6.45, 7) is 1.80. The minimum Gasteiger partial charge on any atom is -0.277 e. The average Bonchev–Trinajstić information content (AvgIpc) is 2.34. The predicted molar refractivity (Wildman–Crippen MR) is 52.6 cm³/mol. The lowest BCUT2D eigenvalue weighted by Gasteiger charge is -2.02. The van der Waals surface area contributed by atoms with Crippen molar-refractivity contribution in [3.8, 4) is 0 Å². The Balaban J connectivity index is 2.71. The molecule has 2 amide bonds. The number of rotatable bonds is 0. The number of aryl methyl sites for hydroxylation is 1. The van der Waals surface area contributed by atoms with Gasteiger partial charge in [-0.25, -0.2) is 0 Å². The summed E-state index contributed by atoms with van der Waals surface area (Å²) >= 11 is 5.87. The summed E-state index contributed by atoms with van der Waals surface area (Å²) in [5.41, 5.74) is 1.65. The summed E-state index contributed by atoms with van der Waals surface area (Å²) in [4.78, 5) is 24.1. The lowest BCUT2D eigenvalue weighted by Crippen LogP contribution is -2.24. The van der Waals surface area contributed by atoms with Crippen LogP contribution >= 0.6 is 11.6 Å². The molecule has 0 fully saturated rings. The van der Waals surface area contributed by atoms with Gasteiger partial charge in [0, 0.05) is 12.1 Å². The van der Waals surface area contributed by atoms with E-state index in [1.54, 1.807) is 19.1 Å². The average molecular weight is 210 g/mol. The van der Waals surface area contributed by atoms with Crippen molar-refractivity contribution in [2.24, 2.45) is 0 Å². The normalized spacial score (nSPS) is 14.9. The van der Waals surface area contributed by atoms with Crippen molar-refractivity contribution in [2.75, 3.05) is 7.05 Å². The maximum absolute atomic E-state index is 11.5. The molecule has 0 aromatic heterocycles. The Bertz CT molecular complexity index is 413. The van der Waals surface area contributed by atoms with Crippen LogP contribution in [0, 0.1) is 6.92 Å². The van der Waals surface area contributed by atoms with Crippen LogP contribution in [0.3, 0.4) is 0 Å². The molecule has 4 heteroatoms.